The van der Waals surface area contributed by atoms with Crippen molar-refractivity contribution in [1.29, 1.82) is 0 Å². The molecule has 0 spiro atoms. The third kappa shape index (κ3) is 4.03. The fourth-order valence-corrected chi connectivity index (χ4v) is 3.08. The molecular formula is C21H25NO6. The summed E-state index contributed by atoms with van der Waals surface area (Å²) in [6.45, 7) is 1.73. The number of methoxy groups -OCH3 is 3. The van der Waals surface area contributed by atoms with E-state index in [0.717, 1.165) is 0 Å². The van der Waals surface area contributed by atoms with E-state index in [0.29, 0.717) is 29.2 Å². The second kappa shape index (κ2) is 9.12. The molecule has 0 radical (unpaired) electrons. The van der Waals surface area contributed by atoms with Gasteiger partial charge in [0, 0.05) is 12.1 Å². The lowest BCUT2D eigenvalue weighted by Crippen LogP contribution is -2.46. The molecule has 2 N–H and O–H groups in total. The molecule has 0 saturated heterocycles. The van der Waals surface area contributed by atoms with E-state index in [-0.39, 0.29) is 12.1 Å². The molecule has 2 aromatic carbocycles. The van der Waals surface area contributed by atoms with Crippen molar-refractivity contribution >= 4 is 11.9 Å². The fraction of sp³-hybridized carbons (Fsp3) is 0.333. The zero-order valence-electron chi connectivity index (χ0n) is 16.4. The number of rotatable bonds is 9. The highest BCUT2D eigenvalue weighted by Gasteiger charge is 2.39. The van der Waals surface area contributed by atoms with Gasteiger partial charge in [0.1, 0.15) is 5.41 Å². The first-order chi connectivity index (χ1) is 13.4. The van der Waals surface area contributed by atoms with Crippen molar-refractivity contribution < 1.29 is 28.9 Å². The van der Waals surface area contributed by atoms with Gasteiger partial charge in [-0.1, -0.05) is 37.3 Å². The molecule has 7 heteroatoms. The average molecular weight is 387 g/mol. The van der Waals surface area contributed by atoms with Crippen molar-refractivity contribution in [3.05, 3.63) is 53.6 Å². The summed E-state index contributed by atoms with van der Waals surface area (Å²) in [5.74, 6) is -0.370. The molecule has 0 heterocycles. The quantitative estimate of drug-likeness (QED) is 0.687. The number of carboxylic acid groups (broad SMARTS) is 1. The van der Waals surface area contributed by atoms with E-state index in [4.69, 9.17) is 14.2 Å². The van der Waals surface area contributed by atoms with Crippen LogP contribution < -0.4 is 19.5 Å². The van der Waals surface area contributed by atoms with Crippen molar-refractivity contribution in [3.63, 3.8) is 0 Å². The number of carbonyl (C=O) groups excluding carboxylic acids is 1. The number of carbonyl (C=O) groups is 2. The largest absolute Gasteiger partial charge is 0.493 e. The molecule has 0 saturated carbocycles. The predicted molar refractivity (Wildman–Crippen MR) is 104 cm³/mol. The maximum Gasteiger partial charge on any atom is 0.315 e. The van der Waals surface area contributed by atoms with Crippen molar-refractivity contribution in [3.8, 4) is 17.2 Å². The minimum absolute atomic E-state index is 0.0572. The summed E-state index contributed by atoms with van der Waals surface area (Å²) in [7, 11) is 4.39. The minimum atomic E-state index is -1.22. The molecule has 1 amide bonds. The van der Waals surface area contributed by atoms with Crippen molar-refractivity contribution in [1.82, 2.24) is 5.32 Å². The normalized spacial score (nSPS) is 12.6. The van der Waals surface area contributed by atoms with E-state index in [1.54, 1.807) is 31.2 Å². The van der Waals surface area contributed by atoms with E-state index in [1.807, 2.05) is 6.07 Å². The highest BCUT2D eigenvalue weighted by atomic mass is 16.5. The van der Waals surface area contributed by atoms with Gasteiger partial charge in [-0.25, -0.2) is 0 Å². The van der Waals surface area contributed by atoms with Crippen LogP contribution in [-0.4, -0.2) is 44.9 Å². The Bertz CT molecular complexity index is 811. The maximum atomic E-state index is 12.7. The number of nitrogens with one attached hydrogen (secondary N) is 1. The number of hydrogen-bond donors (Lipinski definition) is 2. The van der Waals surface area contributed by atoms with Crippen LogP contribution in [0, 0.1) is 0 Å². The smallest absolute Gasteiger partial charge is 0.315 e. The third-order valence-corrected chi connectivity index (χ3v) is 4.82. The molecule has 2 aromatic rings. The summed E-state index contributed by atoms with van der Waals surface area (Å²) in [5, 5.41) is 12.6. The Morgan fingerprint density at radius 1 is 1.00 bits per heavy atom. The molecule has 7 nitrogen and oxygen atoms in total. The first kappa shape index (κ1) is 21.1. The Morgan fingerprint density at radius 2 is 1.57 bits per heavy atom. The summed E-state index contributed by atoms with van der Waals surface area (Å²) in [5.41, 5.74) is -0.314. The van der Waals surface area contributed by atoms with Gasteiger partial charge in [-0.3, -0.25) is 9.59 Å². The van der Waals surface area contributed by atoms with Gasteiger partial charge in [-0.05, 0) is 24.1 Å². The SMILES string of the molecule is CCC(CNC(=O)c1cc(OC)c(OC)c(OC)c1)(C(=O)O)c1ccccc1. The summed E-state index contributed by atoms with van der Waals surface area (Å²) < 4.78 is 15.8. The summed E-state index contributed by atoms with van der Waals surface area (Å²) >= 11 is 0. The number of hydrogen-bond acceptors (Lipinski definition) is 5. The van der Waals surface area contributed by atoms with Gasteiger partial charge in [0.05, 0.1) is 21.3 Å². The lowest BCUT2D eigenvalue weighted by molar-refractivity contribution is -0.143. The van der Waals surface area contributed by atoms with Crippen LogP contribution in [0.1, 0.15) is 29.3 Å². The van der Waals surface area contributed by atoms with Crippen molar-refractivity contribution in [2.45, 2.75) is 18.8 Å². The number of benzene rings is 2. The summed E-state index contributed by atoms with van der Waals surface area (Å²) in [6.07, 6.45) is 0.321. The molecule has 0 fully saturated rings. The van der Waals surface area contributed by atoms with Crippen LogP contribution in [0.2, 0.25) is 0 Å². The van der Waals surface area contributed by atoms with Crippen LogP contribution in [0.4, 0.5) is 0 Å². The molecule has 1 unspecified atom stereocenters. The Hall–Kier alpha value is -3.22. The monoisotopic (exact) mass is 387 g/mol. The Morgan fingerprint density at radius 3 is 2.00 bits per heavy atom. The molecule has 2 rings (SSSR count). The first-order valence-electron chi connectivity index (χ1n) is 8.80. The van der Waals surface area contributed by atoms with Crippen LogP contribution in [0.25, 0.3) is 0 Å². The molecule has 0 bridgehead atoms. The molecule has 0 aliphatic rings. The second-order valence-corrected chi connectivity index (χ2v) is 6.20. The van der Waals surface area contributed by atoms with Crippen LogP contribution in [0.15, 0.2) is 42.5 Å². The lowest BCUT2D eigenvalue weighted by atomic mass is 9.78. The molecular weight excluding hydrogens is 362 g/mol. The molecule has 1 atom stereocenters. The Balaban J connectivity index is 2.32. The van der Waals surface area contributed by atoms with Crippen molar-refractivity contribution in [2.24, 2.45) is 0 Å². The van der Waals surface area contributed by atoms with E-state index in [2.05, 4.69) is 5.32 Å². The third-order valence-electron chi connectivity index (χ3n) is 4.82. The number of carboxylic acids is 1. The molecule has 0 aliphatic carbocycles. The van der Waals surface area contributed by atoms with E-state index in [9.17, 15) is 14.7 Å². The first-order valence-corrected chi connectivity index (χ1v) is 8.80. The molecule has 150 valence electrons. The fourth-order valence-electron chi connectivity index (χ4n) is 3.08. The summed E-state index contributed by atoms with van der Waals surface area (Å²) in [4.78, 5) is 24.8. The highest BCUT2D eigenvalue weighted by molar-refractivity contribution is 5.96. The average Bonchev–Trinajstić information content (AvgIpc) is 2.73. The molecule has 28 heavy (non-hydrogen) atoms. The van der Waals surface area contributed by atoms with Crippen molar-refractivity contribution in [2.75, 3.05) is 27.9 Å². The zero-order valence-corrected chi connectivity index (χ0v) is 16.4. The second-order valence-electron chi connectivity index (χ2n) is 6.20. The number of aliphatic carboxylic acids is 1. The summed E-state index contributed by atoms with van der Waals surface area (Å²) in [6, 6.07) is 11.9. The predicted octanol–water partition coefficient (Wildman–Crippen LogP) is 2.87. The van der Waals surface area contributed by atoms with Gasteiger partial charge in [-0.2, -0.15) is 0 Å². The van der Waals surface area contributed by atoms with Gasteiger partial charge >= 0.3 is 5.97 Å². The van der Waals surface area contributed by atoms with Gasteiger partial charge in [0.25, 0.3) is 5.91 Å². The zero-order chi connectivity index (χ0) is 20.7. The lowest BCUT2D eigenvalue weighted by Gasteiger charge is -2.29. The van der Waals surface area contributed by atoms with Crippen LogP contribution >= 0.6 is 0 Å². The topological polar surface area (TPSA) is 94.1 Å². The Labute approximate surface area is 164 Å². The van der Waals surface area contributed by atoms with Crippen LogP contribution in [-0.2, 0) is 10.2 Å². The molecule has 0 aliphatic heterocycles. The van der Waals surface area contributed by atoms with Gasteiger partial charge in [0.15, 0.2) is 11.5 Å². The Kier molecular flexibility index (Phi) is 6.87. The van der Waals surface area contributed by atoms with E-state index < -0.39 is 17.3 Å². The molecule has 0 aromatic heterocycles. The highest BCUT2D eigenvalue weighted by Crippen LogP contribution is 2.38. The standard InChI is InChI=1S/C21H25NO6/c1-5-21(20(24)25,15-9-7-6-8-10-15)13-22-19(23)14-11-16(26-2)18(28-4)17(12-14)27-3/h6-12H,5,13H2,1-4H3,(H,22,23)(H,24,25). The maximum absolute atomic E-state index is 12.7. The van der Waals surface area contributed by atoms with Gasteiger partial charge in [-0.15, -0.1) is 0 Å². The minimum Gasteiger partial charge on any atom is -0.493 e. The van der Waals surface area contributed by atoms with Crippen LogP contribution in [0.3, 0.4) is 0 Å². The van der Waals surface area contributed by atoms with Gasteiger partial charge < -0.3 is 24.6 Å². The van der Waals surface area contributed by atoms with E-state index in [1.165, 1.54) is 33.5 Å². The van der Waals surface area contributed by atoms with Gasteiger partial charge in [0.2, 0.25) is 5.75 Å². The van der Waals surface area contributed by atoms with Crippen LogP contribution in [0.5, 0.6) is 17.2 Å². The number of ether oxygens (including phenoxy) is 3. The van der Waals surface area contributed by atoms with E-state index >= 15 is 0 Å². The number of amides is 1.